The van der Waals surface area contributed by atoms with Gasteiger partial charge in [-0.15, -0.1) is 0 Å². The minimum Gasteiger partial charge on any atom is -0.337 e. The maximum absolute atomic E-state index is 12.9. The molecule has 4 rings (SSSR count). The number of carbonyl (C=O) groups excluding carboxylic acids is 1. The second-order valence-corrected chi connectivity index (χ2v) is 7.53. The van der Waals surface area contributed by atoms with E-state index in [1.54, 1.807) is 0 Å². The Morgan fingerprint density at radius 3 is 2.85 bits per heavy atom. The predicted molar refractivity (Wildman–Crippen MR) is 101 cm³/mol. The second kappa shape index (κ2) is 7.16. The van der Waals surface area contributed by atoms with Gasteiger partial charge >= 0.3 is 0 Å². The molecular formula is C21H26N4O. The fourth-order valence-corrected chi connectivity index (χ4v) is 3.86. The van der Waals surface area contributed by atoms with E-state index in [-0.39, 0.29) is 11.8 Å². The van der Waals surface area contributed by atoms with Gasteiger partial charge in [0, 0.05) is 43.7 Å². The first kappa shape index (κ1) is 17.2. The Bertz CT molecular complexity index is 796. The molecule has 3 heterocycles. The van der Waals surface area contributed by atoms with Crippen molar-refractivity contribution in [3.8, 4) is 0 Å². The molecule has 0 aliphatic carbocycles. The number of aryl methyl sites for hydroxylation is 1. The summed E-state index contributed by atoms with van der Waals surface area (Å²) in [6.45, 7) is 7.43. The summed E-state index contributed by atoms with van der Waals surface area (Å²) in [5.41, 5.74) is 4.50. The molecule has 0 saturated carbocycles. The summed E-state index contributed by atoms with van der Waals surface area (Å²) in [5.74, 6) is 1.45. The molecule has 136 valence electrons. The minimum atomic E-state index is -0.123. The van der Waals surface area contributed by atoms with Gasteiger partial charge in [0.05, 0.1) is 11.6 Å². The molecule has 26 heavy (non-hydrogen) atoms. The van der Waals surface area contributed by atoms with Crippen LogP contribution in [0.15, 0.2) is 30.5 Å². The first-order chi connectivity index (χ1) is 12.6. The highest BCUT2D eigenvalue weighted by Gasteiger charge is 2.28. The summed E-state index contributed by atoms with van der Waals surface area (Å²) in [4.78, 5) is 24.3. The molecule has 0 bridgehead atoms. The zero-order valence-electron chi connectivity index (χ0n) is 15.5. The minimum absolute atomic E-state index is 0.123. The number of fused-ring (bicyclic) bond motifs is 1. The molecule has 2 aliphatic heterocycles. The Balaban J connectivity index is 1.47. The Labute approximate surface area is 154 Å². The van der Waals surface area contributed by atoms with Crippen LogP contribution in [-0.4, -0.2) is 40.4 Å². The lowest BCUT2D eigenvalue weighted by Gasteiger charge is -2.30. The van der Waals surface area contributed by atoms with Crippen molar-refractivity contribution in [1.82, 2.24) is 20.2 Å². The van der Waals surface area contributed by atoms with Crippen molar-refractivity contribution in [2.24, 2.45) is 0 Å². The second-order valence-electron chi connectivity index (χ2n) is 7.53. The van der Waals surface area contributed by atoms with Crippen LogP contribution < -0.4 is 5.32 Å². The number of aromatic nitrogens is 2. The Morgan fingerprint density at radius 2 is 2.12 bits per heavy atom. The van der Waals surface area contributed by atoms with Gasteiger partial charge in [-0.25, -0.2) is 9.97 Å². The van der Waals surface area contributed by atoms with Crippen LogP contribution in [0.5, 0.6) is 0 Å². The fraction of sp³-hybridized carbons (Fsp3) is 0.476. The number of nitrogens with one attached hydrogen (secondary N) is 1. The summed E-state index contributed by atoms with van der Waals surface area (Å²) in [5, 5.41) is 3.37. The third kappa shape index (κ3) is 3.36. The zero-order valence-corrected chi connectivity index (χ0v) is 15.5. The summed E-state index contributed by atoms with van der Waals surface area (Å²) < 4.78 is 0. The SMILES string of the molecule is Cc1ccc(C(C)C(=O)N2CCc3nc(C4CCNC4)ncc3C2)cc1. The van der Waals surface area contributed by atoms with Crippen LogP contribution in [0.4, 0.5) is 0 Å². The Hall–Kier alpha value is -2.27. The topological polar surface area (TPSA) is 58.1 Å². The lowest BCUT2D eigenvalue weighted by molar-refractivity contribution is -0.133. The van der Waals surface area contributed by atoms with Gasteiger partial charge in [0.25, 0.3) is 0 Å². The maximum Gasteiger partial charge on any atom is 0.230 e. The van der Waals surface area contributed by atoms with Crippen LogP contribution in [0.2, 0.25) is 0 Å². The van der Waals surface area contributed by atoms with E-state index in [1.807, 2.05) is 18.0 Å². The summed E-state index contributed by atoms with van der Waals surface area (Å²) in [7, 11) is 0. The van der Waals surface area contributed by atoms with Gasteiger partial charge in [-0.3, -0.25) is 4.79 Å². The normalized spacial score (nSPS) is 20.7. The molecule has 5 heteroatoms. The number of rotatable bonds is 3. The van der Waals surface area contributed by atoms with E-state index in [2.05, 4.69) is 41.5 Å². The van der Waals surface area contributed by atoms with Crippen molar-refractivity contribution in [3.05, 3.63) is 58.7 Å². The van der Waals surface area contributed by atoms with E-state index in [9.17, 15) is 4.79 Å². The van der Waals surface area contributed by atoms with Gasteiger partial charge in [0.15, 0.2) is 0 Å². The van der Waals surface area contributed by atoms with Crippen molar-refractivity contribution in [3.63, 3.8) is 0 Å². The molecule has 1 amide bonds. The average Bonchev–Trinajstić information content (AvgIpc) is 3.21. The highest BCUT2D eigenvalue weighted by molar-refractivity contribution is 5.83. The quantitative estimate of drug-likeness (QED) is 0.924. The van der Waals surface area contributed by atoms with Crippen molar-refractivity contribution in [2.45, 2.75) is 45.1 Å². The van der Waals surface area contributed by atoms with Gasteiger partial charge in [-0.2, -0.15) is 0 Å². The van der Waals surface area contributed by atoms with E-state index >= 15 is 0 Å². The number of hydrogen-bond acceptors (Lipinski definition) is 4. The van der Waals surface area contributed by atoms with E-state index in [4.69, 9.17) is 4.98 Å². The Kier molecular flexibility index (Phi) is 4.72. The van der Waals surface area contributed by atoms with E-state index in [0.29, 0.717) is 12.5 Å². The van der Waals surface area contributed by atoms with Gasteiger partial charge in [0.2, 0.25) is 5.91 Å². The van der Waals surface area contributed by atoms with Crippen molar-refractivity contribution in [1.29, 1.82) is 0 Å². The van der Waals surface area contributed by atoms with Crippen molar-refractivity contribution in [2.75, 3.05) is 19.6 Å². The number of nitrogens with zero attached hydrogens (tertiary/aromatic N) is 3. The number of carbonyl (C=O) groups is 1. The standard InChI is InChI=1S/C21H26N4O/c1-14-3-5-16(6-4-14)15(2)21(26)25-10-8-19-18(13-25)12-23-20(24-19)17-7-9-22-11-17/h3-6,12,15,17,22H,7-11,13H2,1-2H3. The molecule has 0 radical (unpaired) electrons. The molecule has 1 aromatic heterocycles. The predicted octanol–water partition coefficient (Wildman–Crippen LogP) is 2.55. The largest absolute Gasteiger partial charge is 0.337 e. The summed E-state index contributed by atoms with van der Waals surface area (Å²) in [6, 6.07) is 8.25. The molecule has 1 fully saturated rings. The number of benzene rings is 1. The van der Waals surface area contributed by atoms with Crippen LogP contribution in [-0.2, 0) is 17.8 Å². The molecule has 1 N–H and O–H groups in total. The van der Waals surface area contributed by atoms with Gasteiger partial charge < -0.3 is 10.2 Å². The molecule has 2 aliphatic rings. The molecule has 2 unspecified atom stereocenters. The molecule has 2 aromatic rings. The smallest absolute Gasteiger partial charge is 0.230 e. The number of amides is 1. The number of hydrogen-bond donors (Lipinski definition) is 1. The van der Waals surface area contributed by atoms with Gasteiger partial charge in [0.1, 0.15) is 5.82 Å². The van der Waals surface area contributed by atoms with E-state index in [1.165, 1.54) is 5.56 Å². The van der Waals surface area contributed by atoms with Crippen molar-refractivity contribution < 1.29 is 4.79 Å². The van der Waals surface area contributed by atoms with Crippen LogP contribution in [0.3, 0.4) is 0 Å². The molecule has 2 atom stereocenters. The summed E-state index contributed by atoms with van der Waals surface area (Å²) >= 11 is 0. The Morgan fingerprint density at radius 1 is 1.31 bits per heavy atom. The van der Waals surface area contributed by atoms with Crippen LogP contribution in [0, 0.1) is 6.92 Å². The van der Waals surface area contributed by atoms with Gasteiger partial charge in [-0.1, -0.05) is 29.8 Å². The molecule has 5 nitrogen and oxygen atoms in total. The lowest BCUT2D eigenvalue weighted by Crippen LogP contribution is -2.39. The molecule has 1 aromatic carbocycles. The first-order valence-electron chi connectivity index (χ1n) is 9.52. The maximum atomic E-state index is 12.9. The zero-order chi connectivity index (χ0) is 18.1. The molecular weight excluding hydrogens is 324 g/mol. The highest BCUT2D eigenvalue weighted by atomic mass is 16.2. The van der Waals surface area contributed by atoms with E-state index in [0.717, 1.165) is 55.1 Å². The summed E-state index contributed by atoms with van der Waals surface area (Å²) in [6.07, 6.45) is 3.86. The van der Waals surface area contributed by atoms with Crippen LogP contribution in [0.1, 0.15) is 53.4 Å². The monoisotopic (exact) mass is 350 g/mol. The van der Waals surface area contributed by atoms with Crippen molar-refractivity contribution >= 4 is 5.91 Å². The third-order valence-electron chi connectivity index (χ3n) is 5.64. The van der Waals surface area contributed by atoms with E-state index < -0.39 is 0 Å². The van der Waals surface area contributed by atoms with Gasteiger partial charge in [-0.05, 0) is 32.4 Å². The first-order valence-corrected chi connectivity index (χ1v) is 9.52. The highest BCUT2D eigenvalue weighted by Crippen LogP contribution is 2.25. The molecule has 0 spiro atoms. The third-order valence-corrected chi connectivity index (χ3v) is 5.64. The van der Waals surface area contributed by atoms with Crippen LogP contribution >= 0.6 is 0 Å². The molecule has 1 saturated heterocycles. The van der Waals surface area contributed by atoms with Crippen LogP contribution in [0.25, 0.3) is 0 Å². The average molecular weight is 350 g/mol. The fourth-order valence-electron chi connectivity index (χ4n) is 3.86. The lowest BCUT2D eigenvalue weighted by atomic mass is 9.97.